The molecule has 0 bridgehead atoms. The number of thiophene rings is 1. The van der Waals surface area contributed by atoms with Crippen LogP contribution in [0, 0.1) is 12.8 Å². The average molecular weight is 409 g/mol. The van der Waals surface area contributed by atoms with Crippen molar-refractivity contribution in [1.29, 1.82) is 0 Å². The Hall–Kier alpha value is -2.80. The second kappa shape index (κ2) is 8.29. The summed E-state index contributed by atoms with van der Waals surface area (Å²) in [6, 6.07) is 8.14. The van der Waals surface area contributed by atoms with E-state index in [2.05, 4.69) is 21.4 Å². The molecule has 1 aliphatic carbocycles. The van der Waals surface area contributed by atoms with E-state index in [1.165, 1.54) is 17.5 Å². The number of hydrogen-bond acceptors (Lipinski definition) is 5. The van der Waals surface area contributed by atoms with Gasteiger partial charge in [0.05, 0.1) is 16.8 Å². The first-order valence-electron chi connectivity index (χ1n) is 9.91. The maximum Gasteiger partial charge on any atom is 0.271 e. The van der Waals surface area contributed by atoms with Gasteiger partial charge in [-0.1, -0.05) is 18.2 Å². The molecule has 29 heavy (non-hydrogen) atoms. The molecule has 1 saturated carbocycles. The number of benzene rings is 1. The molecular weight excluding hydrogens is 384 g/mol. The second-order valence-electron chi connectivity index (χ2n) is 7.68. The zero-order valence-corrected chi connectivity index (χ0v) is 17.2. The van der Waals surface area contributed by atoms with Crippen molar-refractivity contribution in [3.05, 3.63) is 58.5 Å². The molecular formula is C22H24N4O2S. The van der Waals surface area contributed by atoms with E-state index >= 15 is 0 Å². The van der Waals surface area contributed by atoms with Crippen molar-refractivity contribution in [3.63, 3.8) is 0 Å². The molecule has 7 heteroatoms. The number of primary amides is 1. The maximum absolute atomic E-state index is 12.3. The lowest BCUT2D eigenvalue weighted by atomic mass is 9.77. The van der Waals surface area contributed by atoms with Crippen LogP contribution in [0.25, 0.3) is 10.1 Å². The summed E-state index contributed by atoms with van der Waals surface area (Å²) in [5, 5.41) is 4.14. The van der Waals surface area contributed by atoms with Gasteiger partial charge in [0.1, 0.15) is 5.69 Å². The third-order valence-corrected chi connectivity index (χ3v) is 6.88. The fourth-order valence-corrected chi connectivity index (χ4v) is 5.29. The lowest BCUT2D eigenvalue weighted by molar-refractivity contribution is 0.0935. The van der Waals surface area contributed by atoms with Crippen LogP contribution in [0.1, 0.15) is 63.0 Å². The van der Waals surface area contributed by atoms with Gasteiger partial charge < -0.3 is 11.1 Å². The van der Waals surface area contributed by atoms with Crippen molar-refractivity contribution in [2.45, 2.75) is 38.5 Å². The van der Waals surface area contributed by atoms with E-state index in [-0.39, 0.29) is 11.8 Å². The van der Waals surface area contributed by atoms with Gasteiger partial charge in [-0.3, -0.25) is 14.6 Å². The molecule has 0 saturated heterocycles. The summed E-state index contributed by atoms with van der Waals surface area (Å²) >= 11 is 1.49. The first kappa shape index (κ1) is 19.5. The zero-order chi connectivity index (χ0) is 20.4. The highest BCUT2D eigenvalue weighted by Gasteiger charge is 2.28. The van der Waals surface area contributed by atoms with Crippen LogP contribution < -0.4 is 11.1 Å². The Morgan fingerprint density at radius 3 is 2.59 bits per heavy atom. The number of nitrogens with zero attached hydrogens (tertiary/aromatic N) is 2. The standard InChI is InChI=1S/C22H24N4O2S/c1-13-10-25-17(12-24-13)22(28)26-11-14-6-8-15(9-7-14)19-16-4-2-3-5-18(16)29-20(19)21(23)27/h2-5,10,12,14-15H,6-9,11H2,1H3,(H2,23,27)(H,26,28). The molecule has 2 heterocycles. The molecule has 150 valence electrons. The highest BCUT2D eigenvalue weighted by Crippen LogP contribution is 2.43. The van der Waals surface area contributed by atoms with E-state index in [4.69, 9.17) is 5.73 Å². The zero-order valence-electron chi connectivity index (χ0n) is 16.4. The van der Waals surface area contributed by atoms with Gasteiger partial charge >= 0.3 is 0 Å². The van der Waals surface area contributed by atoms with E-state index in [0.717, 1.165) is 47.0 Å². The van der Waals surface area contributed by atoms with E-state index < -0.39 is 0 Å². The van der Waals surface area contributed by atoms with Gasteiger partial charge in [0.2, 0.25) is 0 Å². The Morgan fingerprint density at radius 2 is 1.90 bits per heavy atom. The summed E-state index contributed by atoms with van der Waals surface area (Å²) in [6.45, 7) is 2.47. The monoisotopic (exact) mass is 408 g/mol. The van der Waals surface area contributed by atoms with Crippen molar-refractivity contribution in [2.75, 3.05) is 6.54 Å². The third-order valence-electron chi connectivity index (χ3n) is 5.68. The molecule has 3 aromatic rings. The van der Waals surface area contributed by atoms with Gasteiger partial charge in [-0.25, -0.2) is 4.98 Å². The molecule has 0 atom stereocenters. The summed E-state index contributed by atoms with van der Waals surface area (Å²) in [6.07, 6.45) is 7.10. The van der Waals surface area contributed by atoms with Crippen LogP contribution in [0.5, 0.6) is 0 Å². The summed E-state index contributed by atoms with van der Waals surface area (Å²) < 4.78 is 1.12. The first-order valence-corrected chi connectivity index (χ1v) is 10.7. The predicted octanol–water partition coefficient (Wildman–Crippen LogP) is 3.80. The molecule has 1 fully saturated rings. The van der Waals surface area contributed by atoms with Crippen LogP contribution in [0.4, 0.5) is 0 Å². The molecule has 1 aliphatic rings. The van der Waals surface area contributed by atoms with Crippen molar-refractivity contribution < 1.29 is 9.59 Å². The predicted molar refractivity (Wildman–Crippen MR) is 114 cm³/mol. The molecule has 4 rings (SSSR count). The van der Waals surface area contributed by atoms with Gasteiger partial charge in [0.25, 0.3) is 11.8 Å². The minimum Gasteiger partial charge on any atom is -0.365 e. The normalized spacial score (nSPS) is 19.2. The first-order chi connectivity index (χ1) is 14.0. The van der Waals surface area contributed by atoms with Crippen LogP contribution in [0.15, 0.2) is 36.7 Å². The van der Waals surface area contributed by atoms with E-state index in [0.29, 0.717) is 29.0 Å². The lowest BCUT2D eigenvalue weighted by Gasteiger charge is -2.29. The fraction of sp³-hybridized carbons (Fsp3) is 0.364. The van der Waals surface area contributed by atoms with Gasteiger partial charge in [0, 0.05) is 17.4 Å². The van der Waals surface area contributed by atoms with Gasteiger partial charge in [-0.05, 0) is 61.5 Å². The van der Waals surface area contributed by atoms with Crippen LogP contribution in [0.3, 0.4) is 0 Å². The number of amides is 2. The smallest absolute Gasteiger partial charge is 0.271 e. The summed E-state index contributed by atoms with van der Waals surface area (Å²) in [4.78, 5) is 33.2. The van der Waals surface area contributed by atoms with Crippen LogP contribution in [-0.4, -0.2) is 28.3 Å². The average Bonchev–Trinajstić information content (AvgIpc) is 3.13. The molecule has 0 unspecified atom stereocenters. The Balaban J connectivity index is 1.39. The Kier molecular flexibility index (Phi) is 5.58. The molecule has 2 aromatic heterocycles. The number of nitrogens with one attached hydrogen (secondary N) is 1. The Morgan fingerprint density at radius 1 is 1.14 bits per heavy atom. The SMILES string of the molecule is Cc1cnc(C(=O)NCC2CCC(c3c(C(N)=O)sc4ccccc34)CC2)cn1. The summed E-state index contributed by atoms with van der Waals surface area (Å²) in [5.74, 6) is 0.244. The Labute approximate surface area is 173 Å². The van der Waals surface area contributed by atoms with Gasteiger partial charge in [-0.2, -0.15) is 0 Å². The third kappa shape index (κ3) is 4.15. The molecule has 6 nitrogen and oxygen atoms in total. The fourth-order valence-electron chi connectivity index (χ4n) is 4.15. The molecule has 3 N–H and O–H groups in total. The number of aryl methyl sites for hydroxylation is 1. The largest absolute Gasteiger partial charge is 0.365 e. The van der Waals surface area contributed by atoms with Crippen LogP contribution in [-0.2, 0) is 0 Å². The number of carbonyl (C=O) groups is 2. The van der Waals surface area contributed by atoms with Crippen molar-refractivity contribution in [1.82, 2.24) is 15.3 Å². The van der Waals surface area contributed by atoms with Crippen LogP contribution >= 0.6 is 11.3 Å². The molecule has 1 aromatic carbocycles. The summed E-state index contributed by atoms with van der Waals surface area (Å²) in [5.41, 5.74) is 7.93. The number of fused-ring (bicyclic) bond motifs is 1. The molecule has 2 amide bonds. The maximum atomic E-state index is 12.3. The molecule has 0 aliphatic heterocycles. The number of hydrogen-bond donors (Lipinski definition) is 2. The van der Waals surface area contributed by atoms with E-state index in [9.17, 15) is 9.59 Å². The lowest BCUT2D eigenvalue weighted by Crippen LogP contribution is -2.31. The van der Waals surface area contributed by atoms with Crippen molar-refractivity contribution in [2.24, 2.45) is 11.7 Å². The molecule has 0 radical (unpaired) electrons. The second-order valence-corrected chi connectivity index (χ2v) is 8.73. The Bertz CT molecular complexity index is 1040. The molecule has 0 spiro atoms. The highest BCUT2D eigenvalue weighted by atomic mass is 32.1. The van der Waals surface area contributed by atoms with E-state index in [1.807, 2.05) is 25.1 Å². The van der Waals surface area contributed by atoms with E-state index in [1.54, 1.807) is 6.20 Å². The number of carbonyl (C=O) groups excluding carboxylic acids is 2. The number of nitrogens with two attached hydrogens (primary N) is 1. The number of rotatable bonds is 5. The van der Waals surface area contributed by atoms with Crippen LogP contribution in [0.2, 0.25) is 0 Å². The van der Waals surface area contributed by atoms with Gasteiger partial charge in [-0.15, -0.1) is 11.3 Å². The minimum atomic E-state index is -0.338. The topological polar surface area (TPSA) is 98.0 Å². The van der Waals surface area contributed by atoms with Gasteiger partial charge in [0.15, 0.2) is 0 Å². The van der Waals surface area contributed by atoms with Crippen molar-refractivity contribution in [3.8, 4) is 0 Å². The van der Waals surface area contributed by atoms with Crippen molar-refractivity contribution >= 4 is 33.2 Å². The number of aromatic nitrogens is 2. The quantitative estimate of drug-likeness (QED) is 0.671. The minimum absolute atomic E-state index is 0.181. The summed E-state index contributed by atoms with van der Waals surface area (Å²) in [7, 11) is 0. The highest BCUT2D eigenvalue weighted by molar-refractivity contribution is 7.21.